The maximum absolute atomic E-state index is 16.7. The highest BCUT2D eigenvalue weighted by Crippen LogP contribution is 2.55. The number of aromatic hydroxyl groups is 3. The van der Waals surface area contributed by atoms with Crippen LogP contribution in [0.2, 0.25) is 5.02 Å². The van der Waals surface area contributed by atoms with E-state index in [1.807, 2.05) is 0 Å². The third-order valence-electron chi connectivity index (χ3n) is 23.5. The van der Waals surface area contributed by atoms with E-state index in [2.05, 4.69) is 53.2 Å². The van der Waals surface area contributed by atoms with Crippen LogP contribution in [0.25, 0.3) is 11.1 Å². The Hall–Kier alpha value is -12.3. The third-order valence-corrected chi connectivity index (χ3v) is 23.8. The number of aliphatic hydroxyl groups excluding tert-OH is 5. The van der Waals surface area contributed by atoms with E-state index in [9.17, 15) is 60.0 Å². The van der Waals surface area contributed by atoms with Crippen molar-refractivity contribution in [2.75, 3.05) is 39.2 Å². The van der Waals surface area contributed by atoms with E-state index in [0.717, 1.165) is 85.5 Å². The van der Waals surface area contributed by atoms with Gasteiger partial charge in [-0.1, -0.05) is 43.6 Å². The van der Waals surface area contributed by atoms with Crippen LogP contribution in [-0.4, -0.2) is 217 Å². The fraction of sp³-hybridized carbons (Fsp3) is 0.478. The van der Waals surface area contributed by atoms with Crippen LogP contribution in [0.1, 0.15) is 164 Å². The lowest BCUT2D eigenvalue weighted by Gasteiger charge is -2.54. The Balaban J connectivity index is 0.995. The molecule has 39 heteroatoms. The van der Waals surface area contributed by atoms with Gasteiger partial charge in [0.05, 0.1) is 18.1 Å². The van der Waals surface area contributed by atoms with Crippen molar-refractivity contribution in [3.8, 4) is 62.9 Å². The summed E-state index contributed by atoms with van der Waals surface area (Å²) in [5.41, 5.74) is -4.23. The molecule has 692 valence electrons. The van der Waals surface area contributed by atoms with E-state index in [1.54, 1.807) is 55.4 Å². The quantitative estimate of drug-likeness (QED) is 0.0411. The first-order chi connectivity index (χ1) is 60.9. The van der Waals surface area contributed by atoms with E-state index in [0.29, 0.717) is 17.6 Å². The Morgan fingerprint density at radius 2 is 1.24 bits per heavy atom. The number of benzene rings is 6. The number of rotatable bonds is 18. The monoisotopic (exact) mass is 1810 g/mol. The van der Waals surface area contributed by atoms with E-state index in [-0.39, 0.29) is 82.2 Å². The number of imide groups is 1. The number of hydrogen-bond acceptors (Lipinski definition) is 27. The topological polar surface area (TPSA) is 547 Å². The van der Waals surface area contributed by atoms with Crippen molar-refractivity contribution in [3.05, 3.63) is 142 Å². The van der Waals surface area contributed by atoms with Crippen LogP contribution in [0, 0.1) is 36.5 Å². The fourth-order valence-electron chi connectivity index (χ4n) is 17.6. The number of phenolic OH excluding ortho intramolecular Hbond substituents is 3. The second-order valence-electron chi connectivity index (χ2n) is 36.0. The summed E-state index contributed by atoms with van der Waals surface area (Å²) < 4.78 is 48.1. The molecule has 0 radical (unpaired) electrons. The van der Waals surface area contributed by atoms with E-state index in [1.165, 1.54) is 75.7 Å². The Labute approximate surface area is 746 Å². The average molecular weight is 1810 g/mol. The minimum atomic E-state index is -2.44. The highest BCUT2D eigenvalue weighted by molar-refractivity contribution is 6.32. The van der Waals surface area contributed by atoms with Crippen LogP contribution in [0.5, 0.6) is 51.7 Å². The Morgan fingerprint density at radius 3 is 1.88 bits per heavy atom. The number of carbonyl (C=O) groups excluding carboxylic acids is 11. The van der Waals surface area contributed by atoms with Gasteiger partial charge in [-0.05, 0) is 229 Å². The van der Waals surface area contributed by atoms with Crippen molar-refractivity contribution in [1.82, 2.24) is 52.8 Å². The van der Waals surface area contributed by atoms with Crippen molar-refractivity contribution < 1.29 is 131 Å². The first kappa shape index (κ1) is 94.3. The van der Waals surface area contributed by atoms with Crippen LogP contribution in [-0.2, 0) is 57.3 Å². The number of halogens is 1. The summed E-state index contributed by atoms with van der Waals surface area (Å²) >= 11 is 7.25. The van der Waals surface area contributed by atoms with Crippen molar-refractivity contribution in [3.63, 3.8) is 0 Å². The highest BCUT2D eigenvalue weighted by Gasteiger charge is 2.52. The third kappa shape index (κ3) is 22.0. The van der Waals surface area contributed by atoms with E-state index >= 15 is 33.6 Å². The lowest BCUT2D eigenvalue weighted by Crippen LogP contribution is -2.61. The van der Waals surface area contributed by atoms with Crippen LogP contribution >= 0.6 is 11.6 Å². The van der Waals surface area contributed by atoms with Gasteiger partial charge in [-0.2, -0.15) is 0 Å². The molecule has 4 saturated carbocycles. The minimum Gasteiger partial charge on any atom is -0.508 e. The molecule has 0 unspecified atom stereocenters. The summed E-state index contributed by atoms with van der Waals surface area (Å²) in [5, 5.41) is 122. The van der Waals surface area contributed by atoms with Gasteiger partial charge in [-0.25, -0.2) is 14.4 Å². The maximum Gasteiger partial charge on any atom is 0.410 e. The molecule has 129 heavy (non-hydrogen) atoms. The summed E-state index contributed by atoms with van der Waals surface area (Å²) in [4.78, 5) is 168. The molecule has 0 aromatic heterocycles. The van der Waals surface area contributed by atoms with Crippen LogP contribution in [0.15, 0.2) is 103 Å². The van der Waals surface area contributed by atoms with Gasteiger partial charge in [0.1, 0.15) is 131 Å². The fourth-order valence-corrected chi connectivity index (χ4v) is 17.8. The van der Waals surface area contributed by atoms with Gasteiger partial charge in [-0.15, -0.1) is 0 Å². The Bertz CT molecular complexity index is 5270. The van der Waals surface area contributed by atoms with Crippen molar-refractivity contribution in [2.24, 2.45) is 29.6 Å². The molecule has 1 saturated heterocycles. The van der Waals surface area contributed by atoms with E-state index < -0.39 is 237 Å². The predicted molar refractivity (Wildman–Crippen MR) is 458 cm³/mol. The second kappa shape index (κ2) is 38.9. The largest absolute Gasteiger partial charge is 0.508 e. The molecule has 16 rings (SSSR count). The number of aliphatic hydroxyl groups is 5. The number of anilines is 1. The van der Waals surface area contributed by atoms with Crippen molar-refractivity contribution in [2.45, 2.75) is 210 Å². The molecule has 10 aliphatic rings. The average Bonchev–Trinajstić information content (AvgIpc) is 0.753. The number of ether oxygens (including phenoxy) is 8. The Kier molecular flexibility index (Phi) is 28.5. The number of phenols is 3. The molecule has 12 amide bonds. The molecule has 4 aliphatic carbocycles. The standard InChI is InChI=1S/C90H108ClN11O27/c1-39(2)24-56(102(10)88(121)129-90(7,8)9)79(113)100-70-72(107)44-13-20-59(40(3)25-44)124-61-33-48-34-62(77(61)127-85-76(111)75(110)74(109)63(126-85)38-92-87(120)128-89(4,5)6)125-60-21-14-45(32-54(60)91)73(108)71-84(118)99-69(82(116)96-66-46-27-41-26-42(29-46)30-47(66)28-41)53-35-50(103)36-58(105)65(53)52-31-43(12-19-57(52)104)67(80(114)101-71)98-81(115)68(48)97-78(112)55(94-83(70)117)37-64(106)95-86(119)93-49-15-17-51(18-16-49)123-23-22-122-11/h12-21,25,31-36,39,41-42,46-47,55-56,63,66-76,85,103-105,107-111H,22-24,26-30,37-38H2,1-11H3,(H,92,120)(H,94,117)(H,96,116)(H,97,112)(H,98,115)(H,99,118)(H,100,113)(H,101,114)(H2,93,95,106,119)/t41?,42?,46?,47?,55-,56+,63+,66?,67+,68+,69-,70+,71-,72+,73+,74+,75-,76+,85-/m0/s1. The molecule has 6 heterocycles. The molecule has 5 fully saturated rings. The van der Waals surface area contributed by atoms with Gasteiger partial charge < -0.3 is 127 Å². The summed E-state index contributed by atoms with van der Waals surface area (Å²) in [5.74, 6) is -13.9. The van der Waals surface area contributed by atoms with Crippen LogP contribution in [0.3, 0.4) is 0 Å². The van der Waals surface area contributed by atoms with Gasteiger partial charge in [0.2, 0.25) is 59.3 Å². The summed E-state index contributed by atoms with van der Waals surface area (Å²) in [6, 6.07) is 3.93. The first-order valence-corrected chi connectivity index (χ1v) is 42.8. The molecule has 38 nitrogen and oxygen atoms in total. The van der Waals surface area contributed by atoms with Crippen LogP contribution < -0.4 is 72.1 Å². The number of carbonyl (C=O) groups is 11. The summed E-state index contributed by atoms with van der Waals surface area (Å²) in [6.07, 6.45) is -13.5. The van der Waals surface area contributed by atoms with Crippen LogP contribution in [0.4, 0.5) is 20.1 Å². The number of likely N-dealkylation sites (N-methyl/N-ethyl adjacent to an activating group) is 1. The number of nitrogens with zero attached hydrogens (tertiary/aromatic N) is 1. The first-order valence-electron chi connectivity index (χ1n) is 42.4. The number of methoxy groups -OCH3 is 1. The SMILES string of the molecule is COCCOc1ccc(NC(=O)NC(=O)C[C@@H]2NC(=O)[C@H](NC(=O)[C@@H](CC(C)C)N(C)C(=O)OC(C)(C)C)[C@H](O)c3ccc(c(C)c3)Oc3cc4cc(c3O[C@@H]3O[C@H](CNC(=O)OC(C)(C)C)[C@@H](O)[C@H](O)[C@H]3O)Oc3ccc(cc3Cl)[C@@H](O)[C@@H]3NC(=O)[C@H](NC(=O)[C@@H]4NC2=O)c2ccc(O)c(c2)-c2c(O)cc(O)cc2[C@@H](C(=O)NC2C4CC5CC(C4)CC2C5)NC3=O)cc1. The molecule has 18 N–H and O–H groups in total. The molecular weight excluding hydrogens is 1700 g/mol. The molecular formula is C90H108ClN11O27. The van der Waals surface area contributed by atoms with Gasteiger partial charge in [0, 0.05) is 49.6 Å². The minimum absolute atomic E-state index is 0.0455. The summed E-state index contributed by atoms with van der Waals surface area (Å²) in [6.45, 7) is 14.3. The number of aryl methyl sites for hydroxylation is 1. The predicted octanol–water partition coefficient (Wildman–Crippen LogP) is 6.45. The lowest BCUT2D eigenvalue weighted by atomic mass is 9.54. The molecule has 15 bridgehead atoms. The van der Waals surface area contributed by atoms with Gasteiger partial charge in [0.25, 0.3) is 0 Å². The highest BCUT2D eigenvalue weighted by atomic mass is 35.5. The Morgan fingerprint density at radius 1 is 0.620 bits per heavy atom. The molecule has 6 aromatic rings. The van der Waals surface area contributed by atoms with Gasteiger partial charge in [-0.3, -0.25) is 48.6 Å². The smallest absolute Gasteiger partial charge is 0.410 e. The molecule has 6 aromatic carbocycles. The molecule has 14 atom stereocenters. The van der Waals surface area contributed by atoms with Crippen molar-refractivity contribution >= 4 is 82.8 Å². The number of fused-ring (bicyclic) bond motifs is 15. The number of hydrogen-bond donors (Lipinski definition) is 18. The molecule has 0 spiro atoms. The second-order valence-corrected chi connectivity index (χ2v) is 36.4. The number of alkyl carbamates (subject to hydrolysis) is 1. The zero-order valence-electron chi connectivity index (χ0n) is 72.6. The van der Waals surface area contributed by atoms with Crippen molar-refractivity contribution in [1.29, 1.82) is 0 Å². The summed E-state index contributed by atoms with van der Waals surface area (Å²) in [7, 11) is 2.75. The normalized spacial score (nSPS) is 26.2. The number of urea groups is 1. The van der Waals surface area contributed by atoms with E-state index in [4.69, 9.17) is 49.5 Å². The zero-order chi connectivity index (χ0) is 93.3. The lowest BCUT2D eigenvalue weighted by molar-refractivity contribution is -0.270. The maximum atomic E-state index is 16.7. The van der Waals surface area contributed by atoms with Gasteiger partial charge in [0.15, 0.2) is 11.5 Å². The number of nitrogens with one attached hydrogen (secondary N) is 10. The number of amides is 12. The zero-order valence-corrected chi connectivity index (χ0v) is 73.3. The molecule has 6 aliphatic heterocycles. The van der Waals surface area contributed by atoms with Gasteiger partial charge >= 0.3 is 18.2 Å².